The summed E-state index contributed by atoms with van der Waals surface area (Å²) in [5, 5.41) is 0. The minimum absolute atomic E-state index is 0.0266. The maximum absolute atomic E-state index is 13.2. The number of carbonyl (C=O) groups excluding carboxylic acids is 1. The second-order valence-corrected chi connectivity index (χ2v) is 7.45. The van der Waals surface area contributed by atoms with E-state index >= 15 is 0 Å². The third kappa shape index (κ3) is 2.85. The zero-order chi connectivity index (χ0) is 19.8. The molecule has 140 valence electrons. The molecule has 1 atom stereocenters. The normalized spacial score (nSPS) is 20.7. The highest BCUT2D eigenvalue weighted by Gasteiger charge is 2.49. The summed E-state index contributed by atoms with van der Waals surface area (Å²) in [7, 11) is 0. The average Bonchev–Trinajstić information content (AvgIpc) is 3.05. The molecule has 1 heterocycles. The van der Waals surface area contributed by atoms with Gasteiger partial charge in [0.25, 0.3) is 0 Å². The molecule has 2 aliphatic rings. The number of benzene rings is 3. The molecule has 1 aliphatic heterocycles. The van der Waals surface area contributed by atoms with Crippen molar-refractivity contribution in [2.24, 2.45) is 0 Å². The van der Waals surface area contributed by atoms with Crippen LogP contribution in [0.2, 0.25) is 0 Å². The lowest BCUT2D eigenvalue weighted by Crippen LogP contribution is -2.37. The van der Waals surface area contributed by atoms with Gasteiger partial charge in [0.05, 0.1) is 0 Å². The molecule has 0 radical (unpaired) electrons. The third-order valence-corrected chi connectivity index (χ3v) is 5.58. The Morgan fingerprint density at radius 1 is 0.655 bits per heavy atom. The van der Waals surface area contributed by atoms with Crippen molar-refractivity contribution in [1.82, 2.24) is 0 Å². The van der Waals surface area contributed by atoms with E-state index in [0.29, 0.717) is 5.76 Å². The number of allylic oxidation sites excluding steroid dienone is 2. The topological polar surface area (TPSA) is 26.3 Å². The van der Waals surface area contributed by atoms with Gasteiger partial charge in [-0.25, -0.2) is 0 Å². The van der Waals surface area contributed by atoms with Gasteiger partial charge in [-0.05, 0) is 41.3 Å². The van der Waals surface area contributed by atoms with Gasteiger partial charge in [-0.2, -0.15) is 0 Å². The summed E-state index contributed by atoms with van der Waals surface area (Å²) < 4.78 is 6.40. The molecule has 0 fully saturated rings. The molecule has 3 aromatic carbocycles. The molecule has 29 heavy (non-hydrogen) atoms. The zero-order valence-corrected chi connectivity index (χ0v) is 16.1. The summed E-state index contributed by atoms with van der Waals surface area (Å²) in [6, 6.07) is 30.2. The molecule has 0 bridgehead atoms. The SMILES string of the molecule is C[C@@]12OC(c3ccccc3)=CC(c3ccccc3)=C1C(c1ccccc1)=CC2=O. The molecule has 0 aromatic heterocycles. The van der Waals surface area contributed by atoms with E-state index in [1.807, 2.05) is 85.8 Å². The first kappa shape index (κ1) is 17.4. The van der Waals surface area contributed by atoms with Crippen LogP contribution in [0.15, 0.2) is 109 Å². The van der Waals surface area contributed by atoms with Crippen molar-refractivity contribution >= 4 is 22.7 Å². The quantitative estimate of drug-likeness (QED) is 0.566. The number of hydrogen-bond acceptors (Lipinski definition) is 2. The Labute approximate surface area is 170 Å². The van der Waals surface area contributed by atoms with Crippen LogP contribution in [0, 0.1) is 0 Å². The molecule has 0 saturated carbocycles. The van der Waals surface area contributed by atoms with Crippen molar-refractivity contribution in [3.05, 3.63) is 125 Å². The van der Waals surface area contributed by atoms with Gasteiger partial charge < -0.3 is 4.74 Å². The van der Waals surface area contributed by atoms with E-state index in [9.17, 15) is 4.79 Å². The van der Waals surface area contributed by atoms with Crippen LogP contribution in [0.4, 0.5) is 0 Å². The molecule has 0 saturated heterocycles. The average molecular weight is 376 g/mol. The molecule has 0 unspecified atom stereocenters. The Kier molecular flexibility index (Phi) is 4.06. The monoisotopic (exact) mass is 376 g/mol. The maximum Gasteiger partial charge on any atom is 0.204 e. The van der Waals surface area contributed by atoms with E-state index in [0.717, 1.165) is 33.4 Å². The lowest BCUT2D eigenvalue weighted by Gasteiger charge is -2.34. The van der Waals surface area contributed by atoms with E-state index in [2.05, 4.69) is 18.2 Å². The summed E-state index contributed by atoms with van der Waals surface area (Å²) in [6.45, 7) is 1.88. The molecule has 0 spiro atoms. The van der Waals surface area contributed by atoms with E-state index < -0.39 is 5.60 Å². The van der Waals surface area contributed by atoms with Crippen LogP contribution in [0.1, 0.15) is 23.6 Å². The standard InChI is InChI=1S/C27H20O2/c1-27-25(28)18-23(20-13-7-3-8-14-20)26(27)22(19-11-5-2-6-12-19)17-24(29-27)21-15-9-4-10-16-21/h2-18H,1H3/t27-/m0/s1. The summed E-state index contributed by atoms with van der Waals surface area (Å²) in [6.07, 6.45) is 3.80. The van der Waals surface area contributed by atoms with E-state index in [1.54, 1.807) is 6.08 Å². The maximum atomic E-state index is 13.2. The summed E-state index contributed by atoms with van der Waals surface area (Å²) in [5.41, 5.74) is 4.90. The minimum Gasteiger partial charge on any atom is -0.474 e. The van der Waals surface area contributed by atoms with Crippen molar-refractivity contribution in [1.29, 1.82) is 0 Å². The Hall–Kier alpha value is -3.65. The van der Waals surface area contributed by atoms with Crippen LogP contribution in [-0.4, -0.2) is 11.4 Å². The van der Waals surface area contributed by atoms with E-state index in [1.165, 1.54) is 0 Å². The molecule has 0 amide bonds. The molecule has 2 nitrogen and oxygen atoms in total. The van der Waals surface area contributed by atoms with Gasteiger partial charge in [0.2, 0.25) is 5.78 Å². The molecular formula is C27H20O2. The second-order valence-electron chi connectivity index (χ2n) is 7.45. The van der Waals surface area contributed by atoms with Crippen LogP contribution < -0.4 is 0 Å². The summed E-state index contributed by atoms with van der Waals surface area (Å²) >= 11 is 0. The number of ketones is 1. The Morgan fingerprint density at radius 2 is 1.17 bits per heavy atom. The molecule has 2 heteroatoms. The first-order chi connectivity index (χ1) is 14.2. The van der Waals surface area contributed by atoms with E-state index in [-0.39, 0.29) is 5.78 Å². The lowest BCUT2D eigenvalue weighted by atomic mass is 9.82. The van der Waals surface area contributed by atoms with Crippen molar-refractivity contribution in [2.75, 3.05) is 0 Å². The Bertz CT molecular complexity index is 1170. The van der Waals surface area contributed by atoms with Crippen LogP contribution in [0.25, 0.3) is 16.9 Å². The molecular weight excluding hydrogens is 356 g/mol. The van der Waals surface area contributed by atoms with Gasteiger partial charge in [0.15, 0.2) is 5.60 Å². The molecule has 0 N–H and O–H groups in total. The molecule has 3 aromatic rings. The van der Waals surface area contributed by atoms with Crippen molar-refractivity contribution < 1.29 is 9.53 Å². The van der Waals surface area contributed by atoms with Crippen LogP contribution in [0.5, 0.6) is 0 Å². The van der Waals surface area contributed by atoms with Crippen LogP contribution >= 0.6 is 0 Å². The predicted octanol–water partition coefficient (Wildman–Crippen LogP) is 5.94. The number of carbonyl (C=O) groups is 1. The Morgan fingerprint density at radius 3 is 1.76 bits per heavy atom. The second kappa shape index (κ2) is 6.75. The fraction of sp³-hybridized carbons (Fsp3) is 0.0741. The van der Waals surface area contributed by atoms with Gasteiger partial charge in [-0.1, -0.05) is 91.0 Å². The van der Waals surface area contributed by atoms with Crippen molar-refractivity contribution in [2.45, 2.75) is 12.5 Å². The van der Waals surface area contributed by atoms with Crippen LogP contribution in [0.3, 0.4) is 0 Å². The van der Waals surface area contributed by atoms with Crippen molar-refractivity contribution in [3.8, 4) is 0 Å². The fourth-order valence-corrected chi connectivity index (χ4v) is 4.11. The largest absolute Gasteiger partial charge is 0.474 e. The number of ether oxygens (including phenoxy) is 1. The number of fused-ring (bicyclic) bond motifs is 1. The van der Waals surface area contributed by atoms with Gasteiger partial charge >= 0.3 is 0 Å². The summed E-state index contributed by atoms with van der Waals surface area (Å²) in [4.78, 5) is 13.2. The van der Waals surface area contributed by atoms with Crippen LogP contribution in [-0.2, 0) is 9.53 Å². The first-order valence-electron chi connectivity index (χ1n) is 9.75. The van der Waals surface area contributed by atoms with Crippen molar-refractivity contribution in [3.63, 3.8) is 0 Å². The number of rotatable bonds is 3. The smallest absolute Gasteiger partial charge is 0.204 e. The first-order valence-corrected chi connectivity index (χ1v) is 9.75. The Balaban J connectivity index is 1.79. The van der Waals surface area contributed by atoms with Gasteiger partial charge in [0.1, 0.15) is 5.76 Å². The number of hydrogen-bond donors (Lipinski definition) is 0. The summed E-state index contributed by atoms with van der Waals surface area (Å²) in [5.74, 6) is 0.688. The van der Waals surface area contributed by atoms with Gasteiger partial charge in [0, 0.05) is 11.1 Å². The van der Waals surface area contributed by atoms with E-state index in [4.69, 9.17) is 4.74 Å². The fourth-order valence-electron chi connectivity index (χ4n) is 4.11. The zero-order valence-electron chi connectivity index (χ0n) is 16.1. The van der Waals surface area contributed by atoms with Gasteiger partial charge in [-0.3, -0.25) is 4.79 Å². The lowest BCUT2D eigenvalue weighted by molar-refractivity contribution is -0.126. The third-order valence-electron chi connectivity index (χ3n) is 5.58. The highest BCUT2D eigenvalue weighted by atomic mass is 16.5. The van der Waals surface area contributed by atoms with Gasteiger partial charge in [-0.15, -0.1) is 0 Å². The molecule has 5 rings (SSSR count). The minimum atomic E-state index is -1.05. The predicted molar refractivity (Wildman–Crippen MR) is 117 cm³/mol. The molecule has 1 aliphatic carbocycles. The highest BCUT2D eigenvalue weighted by molar-refractivity contribution is 6.19. The highest BCUT2D eigenvalue weighted by Crippen LogP contribution is 2.50.